The fourth-order valence-corrected chi connectivity index (χ4v) is 2.55. The molecule has 0 saturated carbocycles. The highest BCUT2D eigenvalue weighted by Gasteiger charge is 2.29. The molecule has 104 valence electrons. The van der Waals surface area contributed by atoms with Crippen molar-refractivity contribution < 1.29 is 14.3 Å². The maximum Gasteiger partial charge on any atom is 0.255 e. The van der Waals surface area contributed by atoms with Crippen LogP contribution in [0.3, 0.4) is 0 Å². The van der Waals surface area contributed by atoms with Crippen molar-refractivity contribution in [3.8, 4) is 5.75 Å². The van der Waals surface area contributed by atoms with E-state index in [1.165, 1.54) is 0 Å². The molecule has 2 rings (SSSR count). The maximum absolute atomic E-state index is 12.6. The molecule has 0 radical (unpaired) electrons. The second kappa shape index (κ2) is 5.92. The molecule has 5 heteroatoms. The van der Waals surface area contributed by atoms with Crippen molar-refractivity contribution in [1.82, 2.24) is 4.90 Å². The van der Waals surface area contributed by atoms with E-state index < -0.39 is 0 Å². The molecular formula is C14H18BrNO3. The van der Waals surface area contributed by atoms with Gasteiger partial charge in [0, 0.05) is 11.0 Å². The Morgan fingerprint density at radius 3 is 2.89 bits per heavy atom. The number of ether oxygens (including phenoxy) is 2. The molecule has 1 amide bonds. The van der Waals surface area contributed by atoms with Gasteiger partial charge in [-0.3, -0.25) is 4.79 Å². The van der Waals surface area contributed by atoms with Gasteiger partial charge in [-0.1, -0.05) is 0 Å². The van der Waals surface area contributed by atoms with Crippen LogP contribution in [0.1, 0.15) is 24.2 Å². The topological polar surface area (TPSA) is 38.8 Å². The number of nitrogens with zero attached hydrogens (tertiary/aromatic N) is 1. The van der Waals surface area contributed by atoms with E-state index in [2.05, 4.69) is 15.9 Å². The molecule has 1 heterocycles. The fourth-order valence-electron chi connectivity index (χ4n) is 2.14. The van der Waals surface area contributed by atoms with E-state index in [4.69, 9.17) is 9.47 Å². The molecule has 0 spiro atoms. The molecule has 4 nitrogen and oxygen atoms in total. The third-order valence-corrected chi connectivity index (χ3v) is 3.96. The highest BCUT2D eigenvalue weighted by Crippen LogP contribution is 2.25. The van der Waals surface area contributed by atoms with Gasteiger partial charge < -0.3 is 14.4 Å². The van der Waals surface area contributed by atoms with Crippen molar-refractivity contribution in [3.63, 3.8) is 0 Å². The average Bonchev–Trinajstić information content (AvgIpc) is 2.41. The minimum absolute atomic E-state index is 0.00780. The van der Waals surface area contributed by atoms with Crippen molar-refractivity contribution in [2.24, 2.45) is 0 Å². The van der Waals surface area contributed by atoms with Gasteiger partial charge in [0.1, 0.15) is 5.75 Å². The quantitative estimate of drug-likeness (QED) is 0.838. The van der Waals surface area contributed by atoms with Crippen LogP contribution in [0.25, 0.3) is 0 Å². The molecule has 1 aliphatic heterocycles. The number of carbonyl (C=O) groups excluding carboxylic acids is 1. The van der Waals surface area contributed by atoms with Gasteiger partial charge in [-0.2, -0.15) is 0 Å². The van der Waals surface area contributed by atoms with E-state index in [9.17, 15) is 4.79 Å². The summed E-state index contributed by atoms with van der Waals surface area (Å²) in [6.45, 7) is 5.17. The van der Waals surface area contributed by atoms with Crippen LogP contribution in [0.4, 0.5) is 0 Å². The zero-order chi connectivity index (χ0) is 14.0. The lowest BCUT2D eigenvalue weighted by atomic mass is 10.1. The Morgan fingerprint density at radius 2 is 2.21 bits per heavy atom. The molecule has 1 aromatic carbocycles. The van der Waals surface area contributed by atoms with Crippen LogP contribution < -0.4 is 4.74 Å². The number of morpholine rings is 1. The van der Waals surface area contributed by atoms with Crippen molar-refractivity contribution in [2.75, 3.05) is 20.3 Å². The van der Waals surface area contributed by atoms with E-state index in [-0.39, 0.29) is 18.1 Å². The monoisotopic (exact) mass is 327 g/mol. The summed E-state index contributed by atoms with van der Waals surface area (Å²) >= 11 is 3.43. The second-order valence-electron chi connectivity index (χ2n) is 4.80. The number of rotatable bonds is 2. The van der Waals surface area contributed by atoms with Crippen molar-refractivity contribution in [2.45, 2.75) is 26.0 Å². The van der Waals surface area contributed by atoms with Gasteiger partial charge in [0.15, 0.2) is 0 Å². The Hall–Kier alpha value is -1.07. The van der Waals surface area contributed by atoms with E-state index in [1.54, 1.807) is 13.2 Å². The Morgan fingerprint density at radius 1 is 1.47 bits per heavy atom. The summed E-state index contributed by atoms with van der Waals surface area (Å²) in [4.78, 5) is 14.5. The minimum Gasteiger partial charge on any atom is -0.497 e. The molecular weight excluding hydrogens is 310 g/mol. The molecule has 1 aliphatic rings. The molecule has 1 aromatic rings. The van der Waals surface area contributed by atoms with Gasteiger partial charge in [0.2, 0.25) is 0 Å². The summed E-state index contributed by atoms with van der Waals surface area (Å²) < 4.78 is 11.5. The average molecular weight is 328 g/mol. The Kier molecular flexibility index (Phi) is 4.47. The van der Waals surface area contributed by atoms with E-state index in [1.807, 2.05) is 30.9 Å². The number of hydrogen-bond donors (Lipinski definition) is 0. The molecule has 0 N–H and O–H groups in total. The lowest BCUT2D eigenvalue weighted by Gasteiger charge is -2.37. The highest BCUT2D eigenvalue weighted by molar-refractivity contribution is 9.10. The zero-order valence-electron chi connectivity index (χ0n) is 11.4. The van der Waals surface area contributed by atoms with Gasteiger partial charge >= 0.3 is 0 Å². The Labute approximate surface area is 121 Å². The number of hydrogen-bond acceptors (Lipinski definition) is 3. The number of amides is 1. The summed E-state index contributed by atoms with van der Waals surface area (Å²) in [5.74, 6) is 0.689. The fraction of sp³-hybridized carbons (Fsp3) is 0.500. The number of halogens is 1. The summed E-state index contributed by atoms with van der Waals surface area (Å²) in [5, 5.41) is 0. The molecule has 0 aromatic heterocycles. The SMILES string of the molecule is COc1ccc(Br)c(C(=O)N2CC(C)OCC2C)c1. The molecule has 19 heavy (non-hydrogen) atoms. The van der Waals surface area contributed by atoms with Crippen LogP contribution in [0.15, 0.2) is 22.7 Å². The first-order valence-electron chi connectivity index (χ1n) is 6.29. The van der Waals surface area contributed by atoms with Crippen LogP contribution in [-0.2, 0) is 4.74 Å². The molecule has 0 aliphatic carbocycles. The summed E-state index contributed by atoms with van der Waals surface area (Å²) in [6.07, 6.45) is 0.0736. The lowest BCUT2D eigenvalue weighted by Crippen LogP contribution is -2.50. The standard InChI is InChI=1S/C14H18BrNO3/c1-9-8-19-10(2)7-16(9)14(17)12-6-11(18-3)4-5-13(12)15/h4-6,9-10H,7-8H2,1-3H3. The van der Waals surface area contributed by atoms with E-state index >= 15 is 0 Å². The van der Waals surface area contributed by atoms with Crippen molar-refractivity contribution >= 4 is 21.8 Å². The van der Waals surface area contributed by atoms with Gasteiger partial charge in [-0.25, -0.2) is 0 Å². The molecule has 1 saturated heterocycles. The largest absolute Gasteiger partial charge is 0.497 e. The number of benzene rings is 1. The normalized spacial score (nSPS) is 23.3. The lowest BCUT2D eigenvalue weighted by molar-refractivity contribution is -0.0387. The first-order chi connectivity index (χ1) is 9.02. The summed E-state index contributed by atoms with van der Waals surface area (Å²) in [6, 6.07) is 5.51. The minimum atomic E-state index is 0.00780. The molecule has 0 bridgehead atoms. The van der Waals surface area contributed by atoms with Crippen molar-refractivity contribution in [3.05, 3.63) is 28.2 Å². The third kappa shape index (κ3) is 3.09. The van der Waals surface area contributed by atoms with Gasteiger partial charge in [-0.15, -0.1) is 0 Å². The third-order valence-electron chi connectivity index (χ3n) is 3.27. The molecule has 2 atom stereocenters. The molecule has 2 unspecified atom stereocenters. The van der Waals surface area contributed by atoms with Crippen molar-refractivity contribution in [1.29, 1.82) is 0 Å². The predicted octanol–water partition coefficient (Wildman–Crippen LogP) is 2.71. The second-order valence-corrected chi connectivity index (χ2v) is 5.65. The van der Waals surface area contributed by atoms with E-state index in [0.717, 1.165) is 4.47 Å². The first-order valence-corrected chi connectivity index (χ1v) is 7.08. The van der Waals surface area contributed by atoms with E-state index in [0.29, 0.717) is 24.5 Å². The van der Waals surface area contributed by atoms with Gasteiger partial charge in [0.25, 0.3) is 5.91 Å². The Bertz CT molecular complexity index is 478. The van der Waals surface area contributed by atoms with Crippen LogP contribution in [0.5, 0.6) is 5.75 Å². The first kappa shape index (κ1) is 14.3. The summed E-state index contributed by atoms with van der Waals surface area (Å²) in [5.41, 5.74) is 0.625. The van der Waals surface area contributed by atoms with Crippen LogP contribution in [-0.4, -0.2) is 43.2 Å². The number of methoxy groups -OCH3 is 1. The van der Waals surface area contributed by atoms with Gasteiger partial charge in [-0.05, 0) is 48.0 Å². The number of carbonyl (C=O) groups is 1. The van der Waals surface area contributed by atoms with Crippen LogP contribution >= 0.6 is 15.9 Å². The van der Waals surface area contributed by atoms with Crippen LogP contribution in [0.2, 0.25) is 0 Å². The van der Waals surface area contributed by atoms with Crippen LogP contribution in [0, 0.1) is 0 Å². The molecule has 1 fully saturated rings. The maximum atomic E-state index is 12.6. The smallest absolute Gasteiger partial charge is 0.255 e. The summed E-state index contributed by atoms with van der Waals surface area (Å²) in [7, 11) is 1.59. The van der Waals surface area contributed by atoms with Gasteiger partial charge in [0.05, 0.1) is 31.4 Å². The highest BCUT2D eigenvalue weighted by atomic mass is 79.9. The zero-order valence-corrected chi connectivity index (χ0v) is 12.9. The predicted molar refractivity (Wildman–Crippen MR) is 76.6 cm³/mol. The Balaban J connectivity index is 2.27.